The first kappa shape index (κ1) is 19.5. The zero-order valence-corrected chi connectivity index (χ0v) is 15.3. The molecule has 3 rings (SSSR count). The Bertz CT molecular complexity index is 958. The lowest BCUT2D eigenvalue weighted by Gasteiger charge is -2.23. The number of hydrogen-bond acceptors (Lipinski definition) is 6. The van der Waals surface area contributed by atoms with Crippen molar-refractivity contribution in [3.05, 3.63) is 74.8 Å². The van der Waals surface area contributed by atoms with Crippen LogP contribution in [0.3, 0.4) is 0 Å². The SMILES string of the molecule is O=C([O-])CCC(=O)N1N=C(c2ccc([N+](=O)[O-])cc2)C[C@@H]1c1ccccc1Cl. The van der Waals surface area contributed by atoms with E-state index in [2.05, 4.69) is 5.10 Å². The molecule has 0 bridgehead atoms. The van der Waals surface area contributed by atoms with Crippen LogP contribution in [0.1, 0.15) is 36.4 Å². The summed E-state index contributed by atoms with van der Waals surface area (Å²) in [5.74, 6) is -1.78. The molecule has 0 unspecified atom stereocenters. The van der Waals surface area contributed by atoms with Gasteiger partial charge in [-0.05, 0) is 35.7 Å². The highest BCUT2D eigenvalue weighted by molar-refractivity contribution is 6.31. The molecule has 0 spiro atoms. The number of carbonyl (C=O) groups excluding carboxylic acids is 2. The number of aliphatic carboxylic acids is 1. The van der Waals surface area contributed by atoms with E-state index in [1.54, 1.807) is 36.4 Å². The van der Waals surface area contributed by atoms with Gasteiger partial charge in [-0.25, -0.2) is 5.01 Å². The molecule has 0 radical (unpaired) electrons. The fourth-order valence-electron chi connectivity index (χ4n) is 3.00. The standard InChI is InChI=1S/C19H16ClN3O5/c20-15-4-2-1-3-14(15)17-11-16(12-5-7-13(8-6-12)23(27)28)21-22(17)18(24)9-10-19(25)26/h1-8,17H,9-11H2,(H,25,26)/p-1/t17-/m1/s1. The first-order valence-corrected chi connectivity index (χ1v) is 8.83. The monoisotopic (exact) mass is 400 g/mol. The maximum absolute atomic E-state index is 12.6. The lowest BCUT2D eigenvalue weighted by Crippen LogP contribution is -2.30. The van der Waals surface area contributed by atoms with Crippen molar-refractivity contribution in [3.8, 4) is 0 Å². The van der Waals surface area contributed by atoms with Crippen LogP contribution in [0, 0.1) is 10.1 Å². The largest absolute Gasteiger partial charge is 0.550 e. The maximum atomic E-state index is 12.6. The van der Waals surface area contributed by atoms with Crippen molar-refractivity contribution >= 4 is 34.9 Å². The average Bonchev–Trinajstić information content (AvgIpc) is 3.11. The van der Waals surface area contributed by atoms with E-state index in [4.69, 9.17) is 11.6 Å². The van der Waals surface area contributed by atoms with Crippen molar-refractivity contribution in [3.63, 3.8) is 0 Å². The van der Waals surface area contributed by atoms with Crippen LogP contribution in [0.4, 0.5) is 5.69 Å². The van der Waals surface area contributed by atoms with Gasteiger partial charge in [0.15, 0.2) is 0 Å². The molecular formula is C19H15ClN3O5-. The maximum Gasteiger partial charge on any atom is 0.269 e. The molecule has 9 heteroatoms. The third-order valence-corrected chi connectivity index (χ3v) is 4.73. The Morgan fingerprint density at radius 2 is 1.82 bits per heavy atom. The molecule has 0 aromatic heterocycles. The van der Waals surface area contributed by atoms with Crippen LogP contribution in [-0.2, 0) is 9.59 Å². The van der Waals surface area contributed by atoms with Crippen molar-refractivity contribution in [2.24, 2.45) is 5.10 Å². The summed E-state index contributed by atoms with van der Waals surface area (Å²) in [6.07, 6.45) is -0.314. The molecule has 8 nitrogen and oxygen atoms in total. The summed E-state index contributed by atoms with van der Waals surface area (Å²) in [6.45, 7) is 0. The Balaban J connectivity index is 1.92. The summed E-state index contributed by atoms with van der Waals surface area (Å²) in [5, 5.41) is 27.6. The van der Waals surface area contributed by atoms with Crippen LogP contribution < -0.4 is 5.11 Å². The molecule has 1 amide bonds. The van der Waals surface area contributed by atoms with Gasteiger partial charge in [-0.2, -0.15) is 5.10 Å². The quantitative estimate of drug-likeness (QED) is 0.545. The van der Waals surface area contributed by atoms with Crippen molar-refractivity contribution in [2.75, 3.05) is 0 Å². The van der Waals surface area contributed by atoms with E-state index in [0.29, 0.717) is 28.3 Å². The third-order valence-electron chi connectivity index (χ3n) is 4.38. The zero-order valence-electron chi connectivity index (χ0n) is 14.6. The third kappa shape index (κ3) is 4.17. The van der Waals surface area contributed by atoms with E-state index in [1.165, 1.54) is 17.1 Å². The Labute approximate surface area is 165 Å². The number of carboxylic acids is 1. The van der Waals surface area contributed by atoms with Crippen LogP contribution in [0.25, 0.3) is 0 Å². The second-order valence-electron chi connectivity index (χ2n) is 6.20. The summed E-state index contributed by atoms with van der Waals surface area (Å²) in [6, 6.07) is 12.4. The van der Waals surface area contributed by atoms with E-state index in [1.807, 2.05) is 0 Å². The van der Waals surface area contributed by atoms with Crippen molar-refractivity contribution in [2.45, 2.75) is 25.3 Å². The Kier molecular flexibility index (Phi) is 5.70. The van der Waals surface area contributed by atoms with E-state index in [-0.39, 0.29) is 12.1 Å². The van der Waals surface area contributed by atoms with Gasteiger partial charge in [0.2, 0.25) is 5.91 Å². The fraction of sp³-hybridized carbons (Fsp3) is 0.211. The molecule has 0 N–H and O–H groups in total. The molecule has 2 aromatic rings. The molecule has 1 aliphatic rings. The highest BCUT2D eigenvalue weighted by atomic mass is 35.5. The number of hydrogen-bond donors (Lipinski definition) is 0. The van der Waals surface area contributed by atoms with Crippen molar-refractivity contribution < 1.29 is 19.6 Å². The molecule has 1 heterocycles. The Morgan fingerprint density at radius 1 is 1.14 bits per heavy atom. The van der Waals surface area contributed by atoms with Gasteiger partial charge in [0.05, 0.1) is 16.7 Å². The predicted molar refractivity (Wildman–Crippen MR) is 99.5 cm³/mol. The number of rotatable bonds is 6. The van der Waals surface area contributed by atoms with Crippen LogP contribution in [0.5, 0.6) is 0 Å². The summed E-state index contributed by atoms with van der Waals surface area (Å²) in [4.78, 5) is 33.6. The molecule has 2 aromatic carbocycles. The normalized spacial score (nSPS) is 16.0. The van der Waals surface area contributed by atoms with Crippen molar-refractivity contribution in [1.82, 2.24) is 5.01 Å². The molecule has 1 aliphatic heterocycles. The summed E-state index contributed by atoms with van der Waals surface area (Å²) in [7, 11) is 0. The van der Waals surface area contributed by atoms with Gasteiger partial charge >= 0.3 is 0 Å². The molecule has 0 aliphatic carbocycles. The number of amides is 1. The van der Waals surface area contributed by atoms with E-state index in [0.717, 1.165) is 0 Å². The minimum atomic E-state index is -1.32. The Hall–Kier alpha value is -3.26. The minimum absolute atomic E-state index is 0.0492. The van der Waals surface area contributed by atoms with Gasteiger partial charge < -0.3 is 9.90 Å². The number of hydrazone groups is 1. The minimum Gasteiger partial charge on any atom is -0.550 e. The average molecular weight is 401 g/mol. The van der Waals surface area contributed by atoms with E-state index >= 15 is 0 Å². The molecule has 28 heavy (non-hydrogen) atoms. The molecule has 1 atom stereocenters. The van der Waals surface area contributed by atoms with Crippen LogP contribution in [-0.4, -0.2) is 27.5 Å². The van der Waals surface area contributed by atoms with Crippen molar-refractivity contribution in [1.29, 1.82) is 0 Å². The molecule has 0 saturated carbocycles. The number of nitro groups is 1. The lowest BCUT2D eigenvalue weighted by molar-refractivity contribution is -0.384. The number of non-ortho nitro benzene ring substituents is 1. The van der Waals surface area contributed by atoms with E-state index < -0.39 is 29.3 Å². The zero-order chi connectivity index (χ0) is 20.3. The van der Waals surface area contributed by atoms with Gasteiger partial charge in [0.1, 0.15) is 0 Å². The number of carbonyl (C=O) groups is 2. The Morgan fingerprint density at radius 3 is 2.43 bits per heavy atom. The first-order chi connectivity index (χ1) is 13.4. The molecule has 0 fully saturated rings. The smallest absolute Gasteiger partial charge is 0.269 e. The summed E-state index contributed by atoms with van der Waals surface area (Å²) in [5.41, 5.74) is 1.83. The number of nitro benzene ring substituents is 1. The van der Waals surface area contributed by atoms with Crippen LogP contribution in [0.2, 0.25) is 5.02 Å². The topological polar surface area (TPSA) is 116 Å². The highest BCUT2D eigenvalue weighted by Crippen LogP contribution is 2.36. The van der Waals surface area contributed by atoms with E-state index in [9.17, 15) is 24.8 Å². The summed E-state index contributed by atoms with van der Waals surface area (Å²) < 4.78 is 0. The van der Waals surface area contributed by atoms with Gasteiger partial charge in [-0.1, -0.05) is 29.8 Å². The molecular weight excluding hydrogens is 386 g/mol. The van der Waals surface area contributed by atoms with Gasteiger partial charge in [0.25, 0.3) is 5.69 Å². The summed E-state index contributed by atoms with van der Waals surface area (Å²) >= 11 is 6.28. The van der Waals surface area contributed by atoms with Gasteiger partial charge in [0, 0.05) is 36.0 Å². The number of benzene rings is 2. The molecule has 144 valence electrons. The molecule has 0 saturated heterocycles. The fourth-order valence-corrected chi connectivity index (χ4v) is 3.26. The van der Waals surface area contributed by atoms with Crippen LogP contribution in [0.15, 0.2) is 53.6 Å². The van der Waals surface area contributed by atoms with Gasteiger partial charge in [-0.15, -0.1) is 0 Å². The lowest BCUT2D eigenvalue weighted by atomic mass is 9.98. The van der Waals surface area contributed by atoms with Crippen LogP contribution >= 0.6 is 11.6 Å². The number of halogens is 1. The second-order valence-corrected chi connectivity index (χ2v) is 6.61. The number of nitrogens with zero attached hydrogens (tertiary/aromatic N) is 3. The highest BCUT2D eigenvalue weighted by Gasteiger charge is 2.34. The second kappa shape index (κ2) is 8.18. The van der Waals surface area contributed by atoms with Gasteiger partial charge in [-0.3, -0.25) is 14.9 Å². The predicted octanol–water partition coefficient (Wildman–Crippen LogP) is 2.46. The first-order valence-electron chi connectivity index (χ1n) is 8.45. The number of carboxylic acid groups (broad SMARTS) is 1.